The van der Waals surface area contributed by atoms with Gasteiger partial charge >= 0.3 is 6.09 Å². The first-order chi connectivity index (χ1) is 13.4. The zero-order valence-electron chi connectivity index (χ0n) is 16.3. The largest absolute Gasteiger partial charge is 0.465 e. The minimum atomic E-state index is -0.992. The summed E-state index contributed by atoms with van der Waals surface area (Å²) in [5, 5.41) is 22.4. The first kappa shape index (κ1) is 18.5. The molecule has 0 bridgehead atoms. The molecule has 1 saturated heterocycles. The fraction of sp³-hybridized carbons (Fsp3) is 0.579. The summed E-state index contributed by atoms with van der Waals surface area (Å²) in [6.07, 6.45) is 5.14. The van der Waals surface area contributed by atoms with Crippen LogP contribution in [0.2, 0.25) is 0 Å². The Kier molecular flexibility index (Phi) is 4.82. The van der Waals surface area contributed by atoms with E-state index in [0.717, 1.165) is 25.2 Å². The van der Waals surface area contributed by atoms with E-state index in [2.05, 4.69) is 35.7 Å². The van der Waals surface area contributed by atoms with Crippen LogP contribution in [0.4, 0.5) is 22.4 Å². The molecule has 4 rings (SSSR count). The molecule has 9 nitrogen and oxygen atoms in total. The van der Waals surface area contributed by atoms with Crippen LogP contribution in [0.3, 0.4) is 0 Å². The lowest BCUT2D eigenvalue weighted by Gasteiger charge is -2.41. The Hall–Kier alpha value is -2.84. The van der Waals surface area contributed by atoms with Gasteiger partial charge in [-0.1, -0.05) is 0 Å². The van der Waals surface area contributed by atoms with E-state index >= 15 is 0 Å². The smallest absolute Gasteiger partial charge is 0.405 e. The first-order valence-electron chi connectivity index (χ1n) is 9.82. The van der Waals surface area contributed by atoms with Gasteiger partial charge in [-0.25, -0.2) is 9.78 Å². The second-order valence-corrected chi connectivity index (χ2v) is 8.29. The van der Waals surface area contributed by atoms with Gasteiger partial charge in [-0.3, -0.25) is 5.10 Å². The van der Waals surface area contributed by atoms with Crippen molar-refractivity contribution in [2.45, 2.75) is 51.0 Å². The van der Waals surface area contributed by atoms with Crippen molar-refractivity contribution in [3.63, 3.8) is 0 Å². The summed E-state index contributed by atoms with van der Waals surface area (Å²) in [5.41, 5.74) is 0.665. The van der Waals surface area contributed by atoms with Crippen molar-refractivity contribution in [1.82, 2.24) is 25.5 Å². The minimum Gasteiger partial charge on any atom is -0.465 e. The first-order valence-corrected chi connectivity index (χ1v) is 9.82. The van der Waals surface area contributed by atoms with E-state index in [9.17, 15) is 4.79 Å². The third-order valence-electron chi connectivity index (χ3n) is 5.67. The molecule has 1 aliphatic heterocycles. The summed E-state index contributed by atoms with van der Waals surface area (Å²) in [4.78, 5) is 22.3. The summed E-state index contributed by atoms with van der Waals surface area (Å²) < 4.78 is 0. The molecule has 0 spiro atoms. The predicted molar refractivity (Wildman–Crippen MR) is 106 cm³/mol. The fourth-order valence-electron chi connectivity index (χ4n) is 3.83. The summed E-state index contributed by atoms with van der Waals surface area (Å²) in [6, 6.07) is 3.86. The number of aromatic nitrogens is 4. The lowest BCUT2D eigenvalue weighted by atomic mass is 9.81. The van der Waals surface area contributed by atoms with E-state index in [4.69, 9.17) is 5.11 Å². The number of amides is 1. The van der Waals surface area contributed by atoms with Crippen LogP contribution >= 0.6 is 0 Å². The topological polar surface area (TPSA) is 119 Å². The second kappa shape index (κ2) is 7.29. The molecule has 1 unspecified atom stereocenters. The van der Waals surface area contributed by atoms with Crippen molar-refractivity contribution >= 4 is 23.7 Å². The van der Waals surface area contributed by atoms with Crippen LogP contribution in [0, 0.1) is 5.92 Å². The van der Waals surface area contributed by atoms with Crippen molar-refractivity contribution in [3.8, 4) is 0 Å². The van der Waals surface area contributed by atoms with Gasteiger partial charge in [-0.05, 0) is 51.5 Å². The normalized spacial score (nSPS) is 20.1. The minimum absolute atomic E-state index is 0.185. The van der Waals surface area contributed by atoms with Crippen LogP contribution in [0.5, 0.6) is 0 Å². The molecule has 2 fully saturated rings. The number of rotatable bonds is 6. The number of nitrogens with zero attached hydrogens (tertiary/aromatic N) is 4. The zero-order chi connectivity index (χ0) is 19.7. The van der Waals surface area contributed by atoms with Crippen molar-refractivity contribution < 1.29 is 9.90 Å². The Bertz CT molecular complexity index is 846. The predicted octanol–water partition coefficient (Wildman–Crippen LogP) is 3.08. The van der Waals surface area contributed by atoms with Crippen LogP contribution in [-0.2, 0) is 0 Å². The van der Waals surface area contributed by atoms with E-state index in [-0.39, 0.29) is 5.92 Å². The van der Waals surface area contributed by atoms with Gasteiger partial charge in [0.05, 0.1) is 0 Å². The van der Waals surface area contributed by atoms with Crippen molar-refractivity contribution in [2.24, 2.45) is 5.92 Å². The average Bonchev–Trinajstić information content (AvgIpc) is 3.41. The Labute approximate surface area is 164 Å². The van der Waals surface area contributed by atoms with Crippen LogP contribution in [0.25, 0.3) is 0 Å². The SMILES string of the molecule is CC(C)(NC(=O)O)C1CCCN(c2nccc(Nc3cc(C4CC4)[nH]n3)n2)C1. The highest BCUT2D eigenvalue weighted by atomic mass is 16.4. The summed E-state index contributed by atoms with van der Waals surface area (Å²) in [5.74, 6) is 2.92. The van der Waals surface area contributed by atoms with Crippen molar-refractivity contribution in [3.05, 3.63) is 24.0 Å². The molecule has 1 atom stereocenters. The molecule has 1 saturated carbocycles. The van der Waals surface area contributed by atoms with E-state index in [1.165, 1.54) is 18.5 Å². The van der Waals surface area contributed by atoms with Crippen molar-refractivity contribution in [1.29, 1.82) is 0 Å². The molecule has 0 aromatic carbocycles. The van der Waals surface area contributed by atoms with Crippen LogP contribution in [0.15, 0.2) is 18.3 Å². The molecule has 1 aliphatic carbocycles. The van der Waals surface area contributed by atoms with Gasteiger partial charge in [-0.15, -0.1) is 0 Å². The zero-order valence-corrected chi connectivity index (χ0v) is 16.3. The molecule has 28 heavy (non-hydrogen) atoms. The maximum atomic E-state index is 11.1. The number of hydrogen-bond acceptors (Lipinski definition) is 6. The number of carbonyl (C=O) groups is 1. The van der Waals surface area contributed by atoms with Gasteiger partial charge < -0.3 is 20.6 Å². The average molecular weight is 385 g/mol. The van der Waals surface area contributed by atoms with Gasteiger partial charge in [0.2, 0.25) is 5.95 Å². The summed E-state index contributed by atoms with van der Waals surface area (Å²) >= 11 is 0. The third-order valence-corrected chi connectivity index (χ3v) is 5.67. The molecule has 0 radical (unpaired) electrons. The molecule has 2 aromatic rings. The number of nitrogens with one attached hydrogen (secondary N) is 3. The van der Waals surface area contributed by atoms with Gasteiger partial charge in [0.15, 0.2) is 5.82 Å². The number of H-pyrrole nitrogens is 1. The second-order valence-electron chi connectivity index (χ2n) is 8.29. The number of anilines is 3. The van der Waals surface area contributed by atoms with E-state index in [1.54, 1.807) is 6.20 Å². The molecule has 2 aromatic heterocycles. The van der Waals surface area contributed by atoms with Crippen LogP contribution in [-0.4, -0.2) is 50.0 Å². The van der Waals surface area contributed by atoms with E-state index in [0.29, 0.717) is 24.2 Å². The van der Waals surface area contributed by atoms with Crippen LogP contribution in [0.1, 0.15) is 51.1 Å². The number of hydrogen-bond donors (Lipinski definition) is 4. The summed E-state index contributed by atoms with van der Waals surface area (Å²) in [7, 11) is 0. The molecular weight excluding hydrogens is 358 g/mol. The highest BCUT2D eigenvalue weighted by Gasteiger charge is 2.35. The van der Waals surface area contributed by atoms with Gasteiger partial charge in [-0.2, -0.15) is 10.1 Å². The molecule has 150 valence electrons. The lowest BCUT2D eigenvalue weighted by molar-refractivity contribution is 0.161. The lowest BCUT2D eigenvalue weighted by Crippen LogP contribution is -2.54. The Morgan fingerprint density at radius 1 is 1.32 bits per heavy atom. The summed E-state index contributed by atoms with van der Waals surface area (Å²) in [6.45, 7) is 5.44. The number of carboxylic acid groups (broad SMARTS) is 1. The highest BCUT2D eigenvalue weighted by molar-refractivity contribution is 5.65. The Balaban J connectivity index is 1.44. The maximum Gasteiger partial charge on any atom is 0.405 e. The quantitative estimate of drug-likeness (QED) is 0.603. The van der Waals surface area contributed by atoms with Gasteiger partial charge in [0.25, 0.3) is 0 Å². The molecular formula is C19H27N7O2. The molecule has 9 heteroatoms. The molecule has 2 aliphatic rings. The number of aromatic amines is 1. The molecule has 1 amide bonds. The van der Waals surface area contributed by atoms with Crippen LogP contribution < -0.4 is 15.5 Å². The number of piperidine rings is 1. The molecule has 3 heterocycles. The highest BCUT2D eigenvalue weighted by Crippen LogP contribution is 2.39. The molecule has 4 N–H and O–H groups in total. The van der Waals surface area contributed by atoms with E-state index in [1.807, 2.05) is 26.0 Å². The fourth-order valence-corrected chi connectivity index (χ4v) is 3.83. The van der Waals surface area contributed by atoms with E-state index < -0.39 is 11.6 Å². The van der Waals surface area contributed by atoms with Gasteiger partial charge in [0, 0.05) is 42.5 Å². The third kappa shape index (κ3) is 4.18. The monoisotopic (exact) mass is 385 g/mol. The van der Waals surface area contributed by atoms with Gasteiger partial charge in [0.1, 0.15) is 5.82 Å². The Morgan fingerprint density at radius 3 is 2.89 bits per heavy atom. The maximum absolute atomic E-state index is 11.1. The standard InChI is InChI=1S/C19H27N7O2/c1-19(2,23-18(27)28)13-4-3-9-26(11-13)17-20-8-7-15(22-17)21-16-10-14(24-25-16)12-5-6-12/h7-8,10,12-13,23H,3-6,9,11H2,1-2H3,(H,27,28)(H2,20,21,22,24,25). The van der Waals surface area contributed by atoms with Crippen molar-refractivity contribution in [2.75, 3.05) is 23.3 Å². The Morgan fingerprint density at radius 2 is 2.14 bits per heavy atom.